The minimum absolute atomic E-state index is 0.148. The van der Waals surface area contributed by atoms with Crippen LogP contribution in [0.25, 0.3) is 0 Å². The second-order valence-electron chi connectivity index (χ2n) is 7.62. The highest BCUT2D eigenvalue weighted by Crippen LogP contribution is 2.37. The molecule has 3 aliphatic heterocycles. The standard InChI is InChI=1S/C22H23N3O4/c26-21-13-18(22(27)25(21)17-6-7-19-20(12-17)29-15-28-19)24-10-8-23(9-11-24)14-16-4-2-1-3-5-16/h1-7,12,18H,8-11,13-15H2/t18-/m1/s1. The van der Waals surface area contributed by atoms with Crippen LogP contribution in [0.4, 0.5) is 5.69 Å². The van der Waals surface area contributed by atoms with E-state index in [4.69, 9.17) is 9.47 Å². The summed E-state index contributed by atoms with van der Waals surface area (Å²) in [6.45, 7) is 4.41. The van der Waals surface area contributed by atoms with Crippen LogP contribution < -0.4 is 14.4 Å². The van der Waals surface area contributed by atoms with Gasteiger partial charge in [0.2, 0.25) is 12.7 Å². The first-order valence-electron chi connectivity index (χ1n) is 9.96. The lowest BCUT2D eigenvalue weighted by atomic mass is 10.1. The Morgan fingerprint density at radius 3 is 2.45 bits per heavy atom. The molecule has 2 fully saturated rings. The molecule has 2 aromatic carbocycles. The molecule has 3 aliphatic rings. The van der Waals surface area contributed by atoms with E-state index < -0.39 is 0 Å². The Morgan fingerprint density at radius 1 is 0.897 bits per heavy atom. The highest BCUT2D eigenvalue weighted by molar-refractivity contribution is 6.22. The highest BCUT2D eigenvalue weighted by atomic mass is 16.7. The van der Waals surface area contributed by atoms with Crippen LogP contribution in [0, 0.1) is 0 Å². The number of nitrogens with zero attached hydrogens (tertiary/aromatic N) is 3. The maximum atomic E-state index is 13.1. The molecule has 2 saturated heterocycles. The molecule has 5 rings (SSSR count). The second-order valence-corrected chi connectivity index (χ2v) is 7.62. The van der Waals surface area contributed by atoms with E-state index in [2.05, 4.69) is 34.1 Å². The molecule has 0 aliphatic carbocycles. The Morgan fingerprint density at radius 2 is 1.66 bits per heavy atom. The molecule has 0 radical (unpaired) electrons. The monoisotopic (exact) mass is 393 g/mol. The van der Waals surface area contributed by atoms with E-state index >= 15 is 0 Å². The van der Waals surface area contributed by atoms with E-state index in [9.17, 15) is 9.59 Å². The van der Waals surface area contributed by atoms with Crippen molar-refractivity contribution in [3.05, 3.63) is 54.1 Å². The topological polar surface area (TPSA) is 62.3 Å². The van der Waals surface area contributed by atoms with Crippen LogP contribution in [-0.4, -0.2) is 60.6 Å². The molecule has 2 aromatic rings. The number of ether oxygens (including phenoxy) is 2. The van der Waals surface area contributed by atoms with E-state index in [-0.39, 0.29) is 31.1 Å². The Kier molecular flexibility index (Phi) is 4.69. The number of anilines is 1. The van der Waals surface area contributed by atoms with Crippen molar-refractivity contribution in [3.8, 4) is 11.5 Å². The van der Waals surface area contributed by atoms with Gasteiger partial charge in [-0.3, -0.25) is 19.4 Å². The van der Waals surface area contributed by atoms with Crippen LogP contribution in [0.5, 0.6) is 11.5 Å². The van der Waals surface area contributed by atoms with Crippen LogP contribution in [0.3, 0.4) is 0 Å². The van der Waals surface area contributed by atoms with Gasteiger partial charge in [-0.2, -0.15) is 0 Å². The van der Waals surface area contributed by atoms with Crippen LogP contribution in [-0.2, 0) is 16.1 Å². The van der Waals surface area contributed by atoms with Crippen molar-refractivity contribution in [2.75, 3.05) is 37.9 Å². The number of benzene rings is 2. The van der Waals surface area contributed by atoms with Gasteiger partial charge in [0.1, 0.15) is 0 Å². The fraction of sp³-hybridized carbons (Fsp3) is 0.364. The molecule has 1 atom stereocenters. The van der Waals surface area contributed by atoms with Gasteiger partial charge < -0.3 is 9.47 Å². The van der Waals surface area contributed by atoms with E-state index in [1.54, 1.807) is 18.2 Å². The molecule has 7 heteroatoms. The molecule has 0 aromatic heterocycles. The lowest BCUT2D eigenvalue weighted by molar-refractivity contribution is -0.123. The van der Waals surface area contributed by atoms with Gasteiger partial charge in [0.15, 0.2) is 11.5 Å². The van der Waals surface area contributed by atoms with Gasteiger partial charge in [0.25, 0.3) is 5.91 Å². The summed E-state index contributed by atoms with van der Waals surface area (Å²) in [6.07, 6.45) is 0.228. The van der Waals surface area contributed by atoms with Crippen LogP contribution >= 0.6 is 0 Å². The van der Waals surface area contributed by atoms with E-state index in [1.165, 1.54) is 10.5 Å². The Balaban J connectivity index is 1.24. The smallest absolute Gasteiger partial charge is 0.251 e. The van der Waals surface area contributed by atoms with Gasteiger partial charge in [0.05, 0.1) is 18.2 Å². The van der Waals surface area contributed by atoms with Gasteiger partial charge in [-0.1, -0.05) is 30.3 Å². The molecule has 0 bridgehead atoms. The summed E-state index contributed by atoms with van der Waals surface area (Å²) in [5, 5.41) is 0. The molecule has 2 amide bonds. The molecular weight excluding hydrogens is 370 g/mol. The van der Waals surface area contributed by atoms with Crippen molar-refractivity contribution >= 4 is 17.5 Å². The zero-order chi connectivity index (χ0) is 19.8. The van der Waals surface area contributed by atoms with Crippen molar-refractivity contribution in [2.24, 2.45) is 0 Å². The lowest BCUT2D eigenvalue weighted by Crippen LogP contribution is -2.52. The second kappa shape index (κ2) is 7.50. The third-order valence-corrected chi connectivity index (χ3v) is 5.83. The molecule has 0 saturated carbocycles. The van der Waals surface area contributed by atoms with Crippen LogP contribution in [0.2, 0.25) is 0 Å². The normalized spacial score (nSPS) is 22.5. The predicted molar refractivity (Wildman–Crippen MR) is 107 cm³/mol. The molecule has 7 nitrogen and oxygen atoms in total. The summed E-state index contributed by atoms with van der Waals surface area (Å²) in [6, 6.07) is 15.2. The molecule has 150 valence electrons. The minimum atomic E-state index is -0.383. The van der Waals surface area contributed by atoms with Crippen molar-refractivity contribution in [3.63, 3.8) is 0 Å². The van der Waals surface area contributed by atoms with E-state index in [0.29, 0.717) is 17.2 Å². The Bertz CT molecular complexity index is 925. The average molecular weight is 393 g/mol. The zero-order valence-electron chi connectivity index (χ0n) is 16.1. The Hall–Kier alpha value is -2.90. The first-order valence-corrected chi connectivity index (χ1v) is 9.96. The maximum Gasteiger partial charge on any atom is 0.251 e. The first-order chi connectivity index (χ1) is 14.2. The highest BCUT2D eigenvalue weighted by Gasteiger charge is 2.43. The van der Waals surface area contributed by atoms with Crippen molar-refractivity contribution in [1.82, 2.24) is 9.80 Å². The molecular formula is C22H23N3O4. The van der Waals surface area contributed by atoms with Crippen molar-refractivity contribution < 1.29 is 19.1 Å². The molecule has 0 N–H and O–H groups in total. The molecule has 0 spiro atoms. The fourth-order valence-electron chi connectivity index (χ4n) is 4.27. The summed E-state index contributed by atoms with van der Waals surface area (Å²) < 4.78 is 10.7. The van der Waals surface area contributed by atoms with Gasteiger partial charge in [-0.25, -0.2) is 4.90 Å². The molecule has 3 heterocycles. The Labute approximate surface area is 169 Å². The SMILES string of the molecule is O=C1C[C@@H](N2CCN(Cc3ccccc3)CC2)C(=O)N1c1ccc2c(c1)OCO2. The van der Waals surface area contributed by atoms with Gasteiger partial charge in [0, 0.05) is 38.8 Å². The molecule has 29 heavy (non-hydrogen) atoms. The summed E-state index contributed by atoms with van der Waals surface area (Å²) in [5.41, 5.74) is 1.84. The summed E-state index contributed by atoms with van der Waals surface area (Å²) in [4.78, 5) is 31.5. The largest absolute Gasteiger partial charge is 0.454 e. The lowest BCUT2D eigenvalue weighted by Gasteiger charge is -2.37. The number of carbonyl (C=O) groups is 2. The number of imide groups is 1. The fourth-order valence-corrected chi connectivity index (χ4v) is 4.27. The summed E-state index contributed by atoms with van der Waals surface area (Å²) in [5.74, 6) is 0.899. The van der Waals surface area contributed by atoms with E-state index in [0.717, 1.165) is 32.7 Å². The number of carbonyl (C=O) groups excluding carboxylic acids is 2. The third kappa shape index (κ3) is 3.47. The van der Waals surface area contributed by atoms with Crippen molar-refractivity contribution in [1.29, 1.82) is 0 Å². The summed E-state index contributed by atoms with van der Waals surface area (Å²) >= 11 is 0. The maximum absolute atomic E-state index is 13.1. The third-order valence-electron chi connectivity index (χ3n) is 5.83. The summed E-state index contributed by atoms with van der Waals surface area (Å²) in [7, 11) is 0. The van der Waals surface area contributed by atoms with Gasteiger partial charge >= 0.3 is 0 Å². The predicted octanol–water partition coefficient (Wildman–Crippen LogP) is 1.86. The zero-order valence-corrected chi connectivity index (χ0v) is 16.1. The number of hydrogen-bond acceptors (Lipinski definition) is 6. The number of amides is 2. The van der Waals surface area contributed by atoms with E-state index in [1.807, 2.05) is 6.07 Å². The number of piperazine rings is 1. The first kappa shape index (κ1) is 18.1. The quantitative estimate of drug-likeness (QED) is 0.739. The number of hydrogen-bond donors (Lipinski definition) is 0. The molecule has 0 unspecified atom stereocenters. The van der Waals surface area contributed by atoms with Crippen LogP contribution in [0.15, 0.2) is 48.5 Å². The van der Waals surface area contributed by atoms with Crippen molar-refractivity contribution in [2.45, 2.75) is 19.0 Å². The van der Waals surface area contributed by atoms with Gasteiger partial charge in [-0.05, 0) is 17.7 Å². The number of fused-ring (bicyclic) bond motifs is 1. The number of rotatable bonds is 4. The van der Waals surface area contributed by atoms with Crippen LogP contribution in [0.1, 0.15) is 12.0 Å². The average Bonchev–Trinajstić information content (AvgIpc) is 3.32. The minimum Gasteiger partial charge on any atom is -0.454 e. The van der Waals surface area contributed by atoms with Gasteiger partial charge in [-0.15, -0.1) is 0 Å².